The van der Waals surface area contributed by atoms with Crippen LogP contribution in [-0.4, -0.2) is 45.1 Å². The lowest BCUT2D eigenvalue weighted by molar-refractivity contribution is -0.138. The summed E-state index contributed by atoms with van der Waals surface area (Å²) in [4.78, 5) is 41.5. The van der Waals surface area contributed by atoms with E-state index in [0.29, 0.717) is 24.0 Å². The van der Waals surface area contributed by atoms with E-state index in [1.54, 1.807) is 40.9 Å². The van der Waals surface area contributed by atoms with Gasteiger partial charge in [0.05, 0.1) is 11.3 Å². The minimum atomic E-state index is -0.740. The average molecular weight is 500 g/mol. The maximum atomic E-state index is 13.1. The van der Waals surface area contributed by atoms with E-state index in [1.807, 2.05) is 54.8 Å². The lowest BCUT2D eigenvalue weighted by Gasteiger charge is -2.14. The summed E-state index contributed by atoms with van der Waals surface area (Å²) in [5, 5.41) is 12.4. The third kappa shape index (κ3) is 4.64. The highest BCUT2D eigenvalue weighted by Gasteiger charge is 2.44. The normalized spacial score (nSPS) is 16.6. The first-order valence-corrected chi connectivity index (χ1v) is 13.1. The van der Waals surface area contributed by atoms with Gasteiger partial charge in [-0.05, 0) is 59.6 Å². The van der Waals surface area contributed by atoms with E-state index in [9.17, 15) is 19.5 Å². The predicted octanol–water partition coefficient (Wildman–Crippen LogP) is 4.33. The summed E-state index contributed by atoms with van der Waals surface area (Å²) < 4.78 is 1.78. The van der Waals surface area contributed by atoms with Crippen LogP contribution in [0, 0.1) is 5.92 Å². The van der Waals surface area contributed by atoms with Crippen LogP contribution in [0.25, 0.3) is 27.8 Å². The number of aliphatic carboxylic acids is 1. The molecule has 36 heavy (non-hydrogen) atoms. The van der Waals surface area contributed by atoms with Gasteiger partial charge >= 0.3 is 5.97 Å². The van der Waals surface area contributed by atoms with E-state index >= 15 is 0 Å². The van der Waals surface area contributed by atoms with Gasteiger partial charge in [-0.2, -0.15) is 11.8 Å². The first-order valence-electron chi connectivity index (χ1n) is 11.7. The Labute approximate surface area is 212 Å². The highest BCUT2D eigenvalue weighted by Crippen LogP contribution is 2.47. The molecule has 2 aromatic heterocycles. The second-order valence-electron chi connectivity index (χ2n) is 8.82. The number of pyridine rings is 2. The second-order valence-corrected chi connectivity index (χ2v) is 9.81. The van der Waals surface area contributed by atoms with E-state index < -0.39 is 11.9 Å². The molecule has 7 nitrogen and oxygen atoms in total. The van der Waals surface area contributed by atoms with E-state index in [-0.39, 0.29) is 22.8 Å². The number of hydrogen-bond acceptors (Lipinski definition) is 5. The molecule has 0 radical (unpaired) electrons. The number of nitrogens with one attached hydrogen (secondary N) is 1. The van der Waals surface area contributed by atoms with Gasteiger partial charge in [-0.25, -0.2) is 4.98 Å². The zero-order valence-electron chi connectivity index (χ0n) is 19.7. The van der Waals surface area contributed by atoms with Crippen LogP contribution >= 0.6 is 11.8 Å². The van der Waals surface area contributed by atoms with Crippen LogP contribution in [0.2, 0.25) is 0 Å². The number of carboxylic acid groups (broad SMARTS) is 1. The number of carbonyl (C=O) groups is 2. The molecule has 182 valence electrons. The van der Waals surface area contributed by atoms with E-state index in [4.69, 9.17) is 0 Å². The molecular formula is C28H25N3O4S. The molecule has 0 aliphatic heterocycles. The zero-order valence-corrected chi connectivity index (χ0v) is 20.5. The zero-order chi connectivity index (χ0) is 25.2. The third-order valence-electron chi connectivity index (χ3n) is 6.50. The van der Waals surface area contributed by atoms with Gasteiger partial charge in [0.15, 0.2) is 0 Å². The van der Waals surface area contributed by atoms with Gasteiger partial charge in [-0.15, -0.1) is 0 Å². The molecule has 4 aromatic rings. The van der Waals surface area contributed by atoms with Gasteiger partial charge in [0.1, 0.15) is 11.2 Å². The Morgan fingerprint density at radius 1 is 1.11 bits per heavy atom. The largest absolute Gasteiger partial charge is 0.481 e. The summed E-state index contributed by atoms with van der Waals surface area (Å²) >= 11 is 1.62. The van der Waals surface area contributed by atoms with Crippen molar-refractivity contribution in [1.82, 2.24) is 14.9 Å². The van der Waals surface area contributed by atoms with Gasteiger partial charge in [0, 0.05) is 30.4 Å². The first kappa shape index (κ1) is 23.8. The Bertz CT molecular complexity index is 1510. The van der Waals surface area contributed by atoms with Crippen LogP contribution in [0.5, 0.6) is 0 Å². The highest BCUT2D eigenvalue weighted by molar-refractivity contribution is 7.98. The van der Waals surface area contributed by atoms with E-state index in [2.05, 4.69) is 10.3 Å². The van der Waals surface area contributed by atoms with Crippen molar-refractivity contribution in [2.45, 2.75) is 12.3 Å². The molecule has 2 aromatic carbocycles. The SMILES string of the molecule is CSCCNC(=O)c1cn(-c2cccc(-c3ccc(C4C[C@H]4C(=O)O)cc3)c2)c2ncccc2c1=O. The van der Waals surface area contributed by atoms with Crippen molar-refractivity contribution in [3.05, 3.63) is 94.4 Å². The monoisotopic (exact) mass is 499 g/mol. The summed E-state index contributed by atoms with van der Waals surface area (Å²) in [7, 11) is 0. The van der Waals surface area contributed by atoms with Gasteiger partial charge in [0.2, 0.25) is 5.43 Å². The molecule has 1 aliphatic rings. The van der Waals surface area contributed by atoms with Crippen molar-refractivity contribution in [2.24, 2.45) is 5.92 Å². The van der Waals surface area contributed by atoms with Crippen molar-refractivity contribution < 1.29 is 14.7 Å². The Morgan fingerprint density at radius 3 is 2.64 bits per heavy atom. The Kier molecular flexibility index (Phi) is 6.61. The summed E-state index contributed by atoms with van der Waals surface area (Å²) in [5.41, 5.74) is 3.96. The lowest BCUT2D eigenvalue weighted by atomic mass is 10.0. The van der Waals surface area contributed by atoms with Crippen molar-refractivity contribution in [2.75, 3.05) is 18.6 Å². The predicted molar refractivity (Wildman–Crippen MR) is 142 cm³/mol. The quantitative estimate of drug-likeness (QED) is 0.350. The van der Waals surface area contributed by atoms with Crippen LogP contribution in [0.15, 0.2) is 77.9 Å². The molecule has 5 rings (SSSR count). The number of amides is 1. The van der Waals surface area contributed by atoms with Gasteiger partial charge in [0.25, 0.3) is 5.91 Å². The van der Waals surface area contributed by atoms with Crippen molar-refractivity contribution in [3.8, 4) is 16.8 Å². The van der Waals surface area contributed by atoms with Crippen LogP contribution in [0.1, 0.15) is 28.3 Å². The van der Waals surface area contributed by atoms with Gasteiger partial charge in [-0.1, -0.05) is 36.4 Å². The number of carboxylic acids is 1. The number of fused-ring (bicyclic) bond motifs is 1. The minimum absolute atomic E-state index is 0.0729. The Hall–Kier alpha value is -3.91. The van der Waals surface area contributed by atoms with Crippen LogP contribution in [-0.2, 0) is 4.79 Å². The van der Waals surface area contributed by atoms with Crippen molar-refractivity contribution in [1.29, 1.82) is 0 Å². The molecule has 8 heteroatoms. The number of nitrogens with zero attached hydrogens (tertiary/aromatic N) is 2. The Morgan fingerprint density at radius 2 is 1.92 bits per heavy atom. The second kappa shape index (κ2) is 9.99. The molecule has 0 spiro atoms. The third-order valence-corrected chi connectivity index (χ3v) is 7.12. The fourth-order valence-electron chi connectivity index (χ4n) is 4.47. The van der Waals surface area contributed by atoms with Crippen LogP contribution in [0.4, 0.5) is 0 Å². The molecule has 2 heterocycles. The van der Waals surface area contributed by atoms with Crippen molar-refractivity contribution in [3.63, 3.8) is 0 Å². The molecule has 0 bridgehead atoms. The molecule has 2 atom stereocenters. The molecule has 1 amide bonds. The van der Waals surface area contributed by atoms with Crippen molar-refractivity contribution >= 4 is 34.7 Å². The number of thioether (sulfide) groups is 1. The molecule has 1 saturated carbocycles. The first-order chi connectivity index (χ1) is 17.5. The molecule has 1 aliphatic carbocycles. The maximum Gasteiger partial charge on any atom is 0.307 e. The number of rotatable bonds is 8. The molecule has 1 fully saturated rings. The minimum Gasteiger partial charge on any atom is -0.481 e. The smallest absolute Gasteiger partial charge is 0.307 e. The highest BCUT2D eigenvalue weighted by atomic mass is 32.2. The summed E-state index contributed by atoms with van der Waals surface area (Å²) in [6, 6.07) is 19.2. The molecule has 1 unspecified atom stereocenters. The summed E-state index contributed by atoms with van der Waals surface area (Å²) in [6.07, 6.45) is 5.83. The lowest BCUT2D eigenvalue weighted by Crippen LogP contribution is -2.31. The maximum absolute atomic E-state index is 13.1. The topological polar surface area (TPSA) is 101 Å². The summed E-state index contributed by atoms with van der Waals surface area (Å²) in [6.45, 7) is 0.476. The Balaban J connectivity index is 1.51. The molecular weight excluding hydrogens is 474 g/mol. The van der Waals surface area contributed by atoms with E-state index in [1.165, 1.54) is 0 Å². The van der Waals surface area contributed by atoms with Crippen LogP contribution in [0.3, 0.4) is 0 Å². The number of carbonyl (C=O) groups excluding carboxylic acids is 1. The summed E-state index contributed by atoms with van der Waals surface area (Å²) in [5.74, 6) is -0.585. The van der Waals surface area contributed by atoms with Crippen LogP contribution < -0.4 is 10.7 Å². The molecule has 0 saturated heterocycles. The average Bonchev–Trinajstić information content (AvgIpc) is 3.71. The molecule has 2 N–H and O–H groups in total. The number of benzene rings is 2. The number of aromatic nitrogens is 2. The standard InChI is InChI=1S/C28H25N3O4S/c1-36-13-12-30-27(33)24-16-31(26-21(25(24)32)6-3-11-29-26)20-5-2-4-19(14-20)17-7-9-18(10-8-17)22-15-23(22)28(34)35/h2-11,14,16,22-23H,12-13,15H2,1H3,(H,30,33)(H,34,35)/t22?,23-/m1/s1. The van der Waals surface area contributed by atoms with E-state index in [0.717, 1.165) is 28.1 Å². The van der Waals surface area contributed by atoms with Gasteiger partial charge in [-0.3, -0.25) is 14.4 Å². The van der Waals surface area contributed by atoms with Gasteiger partial charge < -0.3 is 15.0 Å². The fraction of sp³-hybridized carbons (Fsp3) is 0.214. The fourth-order valence-corrected chi connectivity index (χ4v) is 4.78. The number of hydrogen-bond donors (Lipinski definition) is 2.